The molecule has 148 valence electrons. The monoisotopic (exact) mass is 413 g/mol. The molecule has 0 radical (unpaired) electrons. The highest BCUT2D eigenvalue weighted by Gasteiger charge is 2.17. The van der Waals surface area contributed by atoms with Gasteiger partial charge in [-0.2, -0.15) is 4.98 Å². The summed E-state index contributed by atoms with van der Waals surface area (Å²) in [6.45, 7) is 3.52. The second kappa shape index (κ2) is 7.55. The summed E-state index contributed by atoms with van der Waals surface area (Å²) in [7, 11) is -2.91. The Labute approximate surface area is 166 Å². The minimum Gasteiger partial charge on any atom is -0.360 e. The van der Waals surface area contributed by atoms with Crippen molar-refractivity contribution in [3.8, 4) is 11.1 Å². The van der Waals surface area contributed by atoms with Crippen LogP contribution in [0.4, 0.5) is 10.2 Å². The van der Waals surface area contributed by atoms with E-state index in [9.17, 15) is 12.8 Å². The second-order valence-corrected chi connectivity index (χ2v) is 7.41. The predicted molar refractivity (Wildman–Crippen MR) is 105 cm³/mol. The van der Waals surface area contributed by atoms with E-state index in [4.69, 9.17) is 4.52 Å². The number of benzene rings is 2. The number of aromatic nitrogens is 4. The molecule has 2 heterocycles. The maximum Gasteiger partial charge on any atom is 0.223 e. The molecule has 1 atom stereocenters. The van der Waals surface area contributed by atoms with E-state index in [1.807, 2.05) is 6.92 Å². The number of nitrogens with one attached hydrogen (secondary N) is 1. The van der Waals surface area contributed by atoms with Crippen LogP contribution in [0.15, 0.2) is 52.1 Å². The fourth-order valence-corrected chi connectivity index (χ4v) is 3.57. The topological polar surface area (TPSA) is 111 Å². The fourth-order valence-electron chi connectivity index (χ4n) is 2.97. The molecule has 4 rings (SSSR count). The highest BCUT2D eigenvalue weighted by atomic mass is 32.2. The number of rotatable bonds is 5. The van der Waals surface area contributed by atoms with Crippen LogP contribution < -0.4 is 5.32 Å². The Morgan fingerprint density at radius 3 is 2.52 bits per heavy atom. The summed E-state index contributed by atoms with van der Waals surface area (Å²) in [5, 5.41) is 7.57. The normalized spacial score (nSPS) is 12.4. The Hall–Kier alpha value is -3.40. The molecule has 0 fully saturated rings. The van der Waals surface area contributed by atoms with Crippen molar-refractivity contribution < 1.29 is 17.3 Å². The number of halogens is 1. The summed E-state index contributed by atoms with van der Waals surface area (Å²) < 4.78 is 42.0. The van der Waals surface area contributed by atoms with Gasteiger partial charge in [0.2, 0.25) is 5.89 Å². The zero-order valence-electron chi connectivity index (χ0n) is 15.5. The first kappa shape index (κ1) is 18.9. The number of aryl methyl sites for hydroxylation is 1. The number of anilines is 1. The first-order valence-electron chi connectivity index (χ1n) is 8.68. The minimum absolute atomic E-state index is 0.0605. The molecule has 0 aliphatic carbocycles. The van der Waals surface area contributed by atoms with Crippen molar-refractivity contribution in [1.29, 1.82) is 0 Å². The van der Waals surface area contributed by atoms with E-state index in [2.05, 4.69) is 25.4 Å². The van der Waals surface area contributed by atoms with Crippen molar-refractivity contribution in [2.75, 3.05) is 5.32 Å². The van der Waals surface area contributed by atoms with E-state index < -0.39 is 10.7 Å². The van der Waals surface area contributed by atoms with Gasteiger partial charge in [0.1, 0.15) is 18.0 Å². The third-order valence-corrected chi connectivity index (χ3v) is 5.11. The summed E-state index contributed by atoms with van der Waals surface area (Å²) in [5.74, 6) is 0.927. The molecule has 4 aromatic rings. The largest absolute Gasteiger partial charge is 0.360 e. The molecule has 0 unspecified atom stereocenters. The zero-order valence-corrected chi connectivity index (χ0v) is 16.4. The fraction of sp³-hybridized carbons (Fsp3) is 0.158. The summed E-state index contributed by atoms with van der Waals surface area (Å²) in [6.07, 6.45) is 1.29. The Bertz CT molecular complexity index is 1260. The number of hydrogen-bond donors (Lipinski definition) is 2. The molecule has 2 aromatic carbocycles. The minimum atomic E-state index is -2.91. The highest BCUT2D eigenvalue weighted by Crippen LogP contribution is 2.32. The van der Waals surface area contributed by atoms with Crippen molar-refractivity contribution in [1.82, 2.24) is 20.1 Å². The molecule has 0 saturated heterocycles. The maximum absolute atomic E-state index is 13.3. The van der Waals surface area contributed by atoms with Gasteiger partial charge in [-0.1, -0.05) is 17.3 Å². The molecule has 0 aliphatic heterocycles. The van der Waals surface area contributed by atoms with Gasteiger partial charge in [0.05, 0.1) is 16.5 Å². The molecule has 29 heavy (non-hydrogen) atoms. The van der Waals surface area contributed by atoms with Gasteiger partial charge >= 0.3 is 0 Å². The van der Waals surface area contributed by atoms with Gasteiger partial charge in [0, 0.05) is 12.3 Å². The summed E-state index contributed by atoms with van der Waals surface area (Å²) in [6, 6.07) is 8.74. The van der Waals surface area contributed by atoms with Crippen molar-refractivity contribution in [3.63, 3.8) is 0 Å². The molecule has 0 spiro atoms. The van der Waals surface area contributed by atoms with Crippen molar-refractivity contribution in [2.24, 2.45) is 0 Å². The van der Waals surface area contributed by atoms with Crippen molar-refractivity contribution in [2.45, 2.75) is 24.8 Å². The first-order chi connectivity index (χ1) is 13.9. The lowest BCUT2D eigenvalue weighted by Gasteiger charge is -2.14. The smallest absolute Gasteiger partial charge is 0.223 e. The predicted octanol–water partition coefficient (Wildman–Crippen LogP) is 3.27. The number of nitrogens with zero attached hydrogens (tertiary/aromatic N) is 4. The van der Waals surface area contributed by atoms with Crippen molar-refractivity contribution in [3.05, 3.63) is 60.3 Å². The van der Waals surface area contributed by atoms with Crippen LogP contribution in [0, 0.1) is 12.7 Å². The van der Waals surface area contributed by atoms with Crippen LogP contribution in [0.1, 0.15) is 24.7 Å². The van der Waals surface area contributed by atoms with Crippen LogP contribution in [-0.4, -0.2) is 28.5 Å². The molecule has 8 nitrogen and oxygen atoms in total. The van der Waals surface area contributed by atoms with Gasteiger partial charge in [-0.15, -0.1) is 0 Å². The molecule has 0 bridgehead atoms. The molecular weight excluding hydrogens is 397 g/mol. The van der Waals surface area contributed by atoms with Crippen LogP contribution >= 0.6 is 0 Å². The molecule has 0 aliphatic rings. The Morgan fingerprint density at radius 2 is 1.86 bits per heavy atom. The van der Waals surface area contributed by atoms with E-state index >= 15 is 0 Å². The molecule has 0 amide bonds. The van der Waals surface area contributed by atoms with Crippen molar-refractivity contribution >= 4 is 27.4 Å². The second-order valence-electron chi connectivity index (χ2n) is 6.42. The lowest BCUT2D eigenvalue weighted by molar-refractivity contribution is 0.385. The summed E-state index contributed by atoms with van der Waals surface area (Å²) in [5.41, 5.74) is 1.57. The van der Waals surface area contributed by atoms with E-state index in [0.29, 0.717) is 39.6 Å². The molecule has 1 N–H and O–H groups in total. The van der Waals surface area contributed by atoms with Gasteiger partial charge < -0.3 is 9.84 Å². The lowest BCUT2D eigenvalue weighted by Crippen LogP contribution is -2.10. The van der Waals surface area contributed by atoms with Gasteiger partial charge in [-0.25, -0.2) is 22.8 Å². The average Bonchev–Trinajstić information content (AvgIpc) is 3.14. The molecular formula is C19H16FN5O3S. The van der Waals surface area contributed by atoms with Gasteiger partial charge in [-0.05, 0) is 42.3 Å². The van der Waals surface area contributed by atoms with E-state index in [1.165, 1.54) is 24.5 Å². The summed E-state index contributed by atoms with van der Waals surface area (Å²) >= 11 is 0. The number of thiol groups is 1. The number of fused-ring (bicyclic) bond motifs is 1. The third kappa shape index (κ3) is 3.79. The first-order valence-corrected chi connectivity index (χ1v) is 9.86. The third-order valence-electron chi connectivity index (χ3n) is 4.38. The molecule has 10 heteroatoms. The van der Waals surface area contributed by atoms with Gasteiger partial charge in [0.15, 0.2) is 16.5 Å². The summed E-state index contributed by atoms with van der Waals surface area (Å²) in [4.78, 5) is 12.7. The van der Waals surface area contributed by atoms with Crippen LogP contribution in [0.25, 0.3) is 22.0 Å². The quantitative estimate of drug-likeness (QED) is 0.480. The number of hydrogen-bond acceptors (Lipinski definition) is 8. The lowest BCUT2D eigenvalue weighted by atomic mass is 10.0. The van der Waals surface area contributed by atoms with E-state index in [1.54, 1.807) is 25.1 Å². The van der Waals surface area contributed by atoms with E-state index in [0.717, 1.165) is 0 Å². The van der Waals surface area contributed by atoms with Gasteiger partial charge in [0.25, 0.3) is 0 Å². The van der Waals surface area contributed by atoms with Crippen LogP contribution in [0.5, 0.6) is 0 Å². The Kier molecular flexibility index (Phi) is 4.93. The zero-order chi connectivity index (χ0) is 20.5. The highest BCUT2D eigenvalue weighted by molar-refractivity contribution is 7.72. The Morgan fingerprint density at radius 1 is 1.10 bits per heavy atom. The average molecular weight is 413 g/mol. The standard InChI is InChI=1S/C19H16FN5O3S/c1-10(18-24-11(2)28-25-18)23-19-15-7-13(12-3-5-14(20)6-4-12)8-16(29(26)27)17(15)21-9-22-19/h3-10,29H,1-2H3,(H,21,22,23)/t10-/m1/s1. The molecule has 0 saturated carbocycles. The van der Waals surface area contributed by atoms with Crippen LogP contribution in [0.3, 0.4) is 0 Å². The SMILES string of the molecule is Cc1nc([C@@H](C)Nc2ncnc3c([SH](=O)=O)cc(-c4ccc(F)cc4)cc23)no1. The molecule has 2 aromatic heterocycles. The maximum atomic E-state index is 13.3. The Balaban J connectivity index is 1.86. The van der Waals surface area contributed by atoms with Gasteiger partial charge in [-0.3, -0.25) is 0 Å². The van der Waals surface area contributed by atoms with Crippen LogP contribution in [-0.2, 0) is 10.7 Å². The van der Waals surface area contributed by atoms with E-state index in [-0.39, 0.29) is 16.8 Å². The van der Waals surface area contributed by atoms with Crippen LogP contribution in [0.2, 0.25) is 0 Å².